The Morgan fingerprint density at radius 1 is 1.04 bits per heavy atom. The van der Waals surface area contributed by atoms with Gasteiger partial charge in [0.1, 0.15) is 11.8 Å². The smallest absolute Gasteiger partial charge is 0.404 e. The molecule has 4 N–H and O–H groups in total. The average Bonchev–Trinajstić information content (AvgIpc) is 3.61. The third-order valence-electron chi connectivity index (χ3n) is 9.54. The van der Waals surface area contributed by atoms with Crippen molar-refractivity contribution in [3.05, 3.63) is 48.4 Å². The lowest BCUT2D eigenvalue weighted by atomic mass is 9.76. The van der Waals surface area contributed by atoms with Crippen LogP contribution in [0.4, 0.5) is 10.5 Å². The summed E-state index contributed by atoms with van der Waals surface area (Å²) in [6.07, 6.45) is 11.7. The molecule has 0 unspecified atom stereocenters. The van der Waals surface area contributed by atoms with Crippen LogP contribution < -0.4 is 16.0 Å². The van der Waals surface area contributed by atoms with E-state index in [1.807, 2.05) is 42.2 Å². The van der Waals surface area contributed by atoms with E-state index in [0.717, 1.165) is 73.8 Å². The zero-order valence-electron chi connectivity index (χ0n) is 25.1. The molecule has 3 aliphatic carbocycles. The molecule has 3 aliphatic rings. The van der Waals surface area contributed by atoms with Gasteiger partial charge in [-0.25, -0.2) is 14.0 Å². The topological polar surface area (TPSA) is 175 Å². The SMILES string of the molecule is C[C@@H](NC(=O)O)C1CC(Nc2cc(-c3ccc4cc(C#N)cnn34)ncc2-c2cn(C3CCC(NC(=O)C4CC4)CC3)nn2)C1. The predicted molar refractivity (Wildman–Crippen MR) is 165 cm³/mol. The molecule has 0 aromatic carbocycles. The number of nitriles is 1. The molecule has 2 amide bonds. The Hall–Kier alpha value is -4.99. The number of rotatable bonds is 9. The Kier molecular flexibility index (Phi) is 7.56. The molecule has 0 bridgehead atoms. The Balaban J connectivity index is 1.11. The summed E-state index contributed by atoms with van der Waals surface area (Å²) in [7, 11) is 0. The van der Waals surface area contributed by atoms with Crippen LogP contribution in [-0.2, 0) is 4.79 Å². The number of hydrogen-bond donors (Lipinski definition) is 4. The zero-order chi connectivity index (χ0) is 31.1. The van der Waals surface area contributed by atoms with E-state index >= 15 is 0 Å². The molecule has 0 spiro atoms. The van der Waals surface area contributed by atoms with Crippen molar-refractivity contribution >= 4 is 23.2 Å². The standard InChI is InChI=1S/C32H36N10O3/c1-18(36-32(44)45)21-11-23(12-21)37-27-13-28(30-9-8-25-10-19(14-33)15-35-42(25)30)34-16-26(27)29-17-41(40-39-29)24-6-4-22(5-7-24)38-31(43)20-2-3-20/h8-10,13,15-18,20-24,36H,2-7,11-12H2,1H3,(H,34,37)(H,38,43)(H,44,45)/t18-,21?,22?,23?,24?/m1/s1. The van der Waals surface area contributed by atoms with E-state index in [9.17, 15) is 14.9 Å². The Bertz CT molecular complexity index is 1770. The number of anilines is 1. The average molecular weight is 609 g/mol. The molecular formula is C32H36N10O3. The Morgan fingerprint density at radius 2 is 1.84 bits per heavy atom. The largest absolute Gasteiger partial charge is 0.465 e. The molecule has 3 saturated carbocycles. The van der Waals surface area contributed by atoms with Crippen LogP contribution in [0.5, 0.6) is 0 Å². The number of hydrogen-bond acceptors (Lipinski definition) is 8. The first kappa shape index (κ1) is 28.8. The van der Waals surface area contributed by atoms with E-state index in [-0.39, 0.29) is 41.9 Å². The summed E-state index contributed by atoms with van der Waals surface area (Å²) in [5.74, 6) is 0.684. The number of nitrogens with zero attached hydrogens (tertiary/aromatic N) is 7. The lowest BCUT2D eigenvalue weighted by molar-refractivity contribution is -0.123. The van der Waals surface area contributed by atoms with E-state index in [0.29, 0.717) is 17.0 Å². The van der Waals surface area contributed by atoms with Gasteiger partial charge in [0.05, 0.1) is 40.9 Å². The predicted octanol–water partition coefficient (Wildman–Crippen LogP) is 4.38. The van der Waals surface area contributed by atoms with Gasteiger partial charge in [0.15, 0.2) is 0 Å². The maximum atomic E-state index is 12.2. The van der Waals surface area contributed by atoms with E-state index in [2.05, 4.69) is 37.4 Å². The molecule has 45 heavy (non-hydrogen) atoms. The van der Waals surface area contributed by atoms with Gasteiger partial charge >= 0.3 is 6.09 Å². The van der Waals surface area contributed by atoms with Gasteiger partial charge in [-0.2, -0.15) is 10.4 Å². The molecule has 0 saturated heterocycles. The number of aromatic nitrogens is 6. The molecule has 4 heterocycles. The first-order valence-electron chi connectivity index (χ1n) is 15.7. The normalized spacial score (nSPS) is 23.5. The number of pyridine rings is 1. The second-order valence-corrected chi connectivity index (χ2v) is 12.7. The molecule has 13 heteroatoms. The highest BCUT2D eigenvalue weighted by Crippen LogP contribution is 2.38. The Labute approximate surface area is 260 Å². The van der Waals surface area contributed by atoms with Gasteiger partial charge in [-0.1, -0.05) is 5.21 Å². The second-order valence-electron chi connectivity index (χ2n) is 12.7. The second kappa shape index (κ2) is 11.8. The third kappa shape index (κ3) is 6.05. The summed E-state index contributed by atoms with van der Waals surface area (Å²) in [6, 6.07) is 10.3. The number of carbonyl (C=O) groups is 2. The van der Waals surface area contributed by atoms with E-state index < -0.39 is 6.09 Å². The maximum Gasteiger partial charge on any atom is 0.404 e. The van der Waals surface area contributed by atoms with Crippen molar-refractivity contribution in [2.45, 2.75) is 82.5 Å². The monoisotopic (exact) mass is 608 g/mol. The lowest BCUT2D eigenvalue weighted by Gasteiger charge is -2.40. The van der Waals surface area contributed by atoms with Gasteiger partial charge in [-0.05, 0) is 88.5 Å². The van der Waals surface area contributed by atoms with Crippen LogP contribution >= 0.6 is 0 Å². The number of fused-ring (bicyclic) bond motifs is 1. The van der Waals surface area contributed by atoms with Crippen molar-refractivity contribution in [3.8, 4) is 28.7 Å². The van der Waals surface area contributed by atoms with E-state index in [4.69, 9.17) is 10.1 Å². The summed E-state index contributed by atoms with van der Waals surface area (Å²) in [6.45, 7) is 1.90. The highest BCUT2D eigenvalue weighted by molar-refractivity contribution is 5.81. The highest BCUT2D eigenvalue weighted by atomic mass is 16.4. The van der Waals surface area contributed by atoms with Gasteiger partial charge in [-0.3, -0.25) is 9.78 Å². The fraction of sp³-hybridized carbons (Fsp3) is 0.469. The van der Waals surface area contributed by atoms with Gasteiger partial charge < -0.3 is 21.1 Å². The minimum atomic E-state index is -1.01. The van der Waals surface area contributed by atoms with Crippen molar-refractivity contribution in [2.75, 3.05) is 5.32 Å². The fourth-order valence-electron chi connectivity index (χ4n) is 6.62. The summed E-state index contributed by atoms with van der Waals surface area (Å²) in [4.78, 5) is 28.1. The van der Waals surface area contributed by atoms with Crippen molar-refractivity contribution in [2.24, 2.45) is 11.8 Å². The number of nitrogens with one attached hydrogen (secondary N) is 3. The van der Waals surface area contributed by atoms with Gasteiger partial charge in [0.25, 0.3) is 0 Å². The van der Waals surface area contributed by atoms with Crippen LogP contribution in [0.3, 0.4) is 0 Å². The summed E-state index contributed by atoms with van der Waals surface area (Å²) in [5.41, 5.74) is 5.22. The van der Waals surface area contributed by atoms with Crippen LogP contribution in [0.1, 0.15) is 69.9 Å². The zero-order valence-corrected chi connectivity index (χ0v) is 25.1. The minimum absolute atomic E-state index is 0.124. The molecule has 13 nitrogen and oxygen atoms in total. The number of carbonyl (C=O) groups excluding carboxylic acids is 1. The summed E-state index contributed by atoms with van der Waals surface area (Å²) in [5, 5.41) is 41.4. The van der Waals surface area contributed by atoms with Crippen LogP contribution in [0.25, 0.3) is 28.2 Å². The fourth-order valence-corrected chi connectivity index (χ4v) is 6.62. The molecule has 0 aliphatic heterocycles. The van der Waals surface area contributed by atoms with E-state index in [1.165, 1.54) is 6.20 Å². The third-order valence-corrected chi connectivity index (χ3v) is 9.54. The molecule has 4 aromatic rings. The summed E-state index contributed by atoms with van der Waals surface area (Å²) >= 11 is 0. The van der Waals surface area contributed by atoms with Crippen molar-refractivity contribution in [3.63, 3.8) is 0 Å². The molecule has 3 fully saturated rings. The van der Waals surface area contributed by atoms with Gasteiger partial charge in [0.2, 0.25) is 5.91 Å². The van der Waals surface area contributed by atoms with Crippen molar-refractivity contribution < 1.29 is 14.7 Å². The number of amides is 2. The molecule has 1 atom stereocenters. The summed E-state index contributed by atoms with van der Waals surface area (Å²) < 4.78 is 3.72. The van der Waals surface area contributed by atoms with Crippen LogP contribution in [0, 0.1) is 23.2 Å². The highest BCUT2D eigenvalue weighted by Gasteiger charge is 2.35. The molecular weight excluding hydrogens is 572 g/mol. The molecule has 7 rings (SSSR count). The van der Waals surface area contributed by atoms with Crippen molar-refractivity contribution in [1.29, 1.82) is 5.26 Å². The lowest BCUT2D eigenvalue weighted by Crippen LogP contribution is -2.47. The van der Waals surface area contributed by atoms with Gasteiger partial charge in [0, 0.05) is 41.5 Å². The Morgan fingerprint density at radius 3 is 2.58 bits per heavy atom. The first-order chi connectivity index (χ1) is 21.8. The quantitative estimate of drug-likeness (QED) is 0.215. The molecule has 0 radical (unpaired) electrons. The molecule has 232 valence electrons. The van der Waals surface area contributed by atoms with Gasteiger partial charge in [-0.15, -0.1) is 5.10 Å². The van der Waals surface area contributed by atoms with E-state index in [1.54, 1.807) is 10.6 Å². The van der Waals surface area contributed by atoms with Crippen LogP contribution in [0.15, 0.2) is 42.9 Å². The maximum absolute atomic E-state index is 12.2. The minimum Gasteiger partial charge on any atom is -0.465 e. The number of carboxylic acid groups (broad SMARTS) is 1. The van der Waals surface area contributed by atoms with Crippen LogP contribution in [-0.4, -0.2) is 64.8 Å². The first-order valence-corrected chi connectivity index (χ1v) is 15.7. The van der Waals surface area contributed by atoms with Crippen LogP contribution in [0.2, 0.25) is 0 Å². The van der Waals surface area contributed by atoms with Crippen molar-refractivity contribution in [1.82, 2.24) is 40.2 Å². The molecule has 4 aromatic heterocycles.